The number of benzene rings is 2. The molecular weight excluding hydrogens is 344 g/mol. The maximum atomic E-state index is 12.7. The molecule has 0 fully saturated rings. The first kappa shape index (κ1) is 18.5. The molecule has 1 atom stereocenters. The molecule has 2 amide bonds. The number of ether oxygens (including phenoxy) is 2. The second-order valence-electron chi connectivity index (χ2n) is 6.22. The van der Waals surface area contributed by atoms with Crippen LogP contribution in [0.1, 0.15) is 24.1 Å². The third-order valence-corrected chi connectivity index (χ3v) is 4.38. The Kier molecular flexibility index (Phi) is 5.76. The number of allylic oxidation sites excluding steroid dienone is 1. The molecule has 6 heteroatoms. The molecule has 2 aromatic carbocycles. The third kappa shape index (κ3) is 4.47. The van der Waals surface area contributed by atoms with Crippen molar-refractivity contribution in [2.75, 3.05) is 13.7 Å². The lowest BCUT2D eigenvalue weighted by atomic mass is 9.95. The Hall–Kier alpha value is -3.28. The fourth-order valence-corrected chi connectivity index (χ4v) is 3.02. The average molecular weight is 366 g/mol. The molecule has 140 valence electrons. The molecule has 27 heavy (non-hydrogen) atoms. The van der Waals surface area contributed by atoms with E-state index in [0.717, 1.165) is 11.1 Å². The molecule has 0 spiro atoms. The number of urea groups is 1. The van der Waals surface area contributed by atoms with Crippen LogP contribution in [0.4, 0.5) is 4.79 Å². The predicted octanol–water partition coefficient (Wildman–Crippen LogP) is 3.11. The normalized spacial score (nSPS) is 16.4. The van der Waals surface area contributed by atoms with Gasteiger partial charge in [0.05, 0.1) is 25.3 Å². The summed E-state index contributed by atoms with van der Waals surface area (Å²) in [5, 5.41) is 5.43. The largest absolute Gasteiger partial charge is 0.497 e. The number of hydrogen-bond acceptors (Lipinski definition) is 4. The van der Waals surface area contributed by atoms with Crippen molar-refractivity contribution in [3.63, 3.8) is 0 Å². The van der Waals surface area contributed by atoms with Gasteiger partial charge < -0.3 is 20.1 Å². The van der Waals surface area contributed by atoms with Gasteiger partial charge in [-0.2, -0.15) is 0 Å². The number of amides is 2. The lowest BCUT2D eigenvalue weighted by molar-refractivity contribution is -0.139. The van der Waals surface area contributed by atoms with Gasteiger partial charge >= 0.3 is 12.0 Å². The average Bonchev–Trinajstić information content (AvgIpc) is 2.68. The summed E-state index contributed by atoms with van der Waals surface area (Å²) in [6.45, 7) is 1.96. The van der Waals surface area contributed by atoms with Gasteiger partial charge in [0.2, 0.25) is 0 Å². The molecule has 0 bridgehead atoms. The monoisotopic (exact) mass is 366 g/mol. The van der Waals surface area contributed by atoms with E-state index < -0.39 is 12.0 Å². The van der Waals surface area contributed by atoms with Crippen molar-refractivity contribution in [1.29, 1.82) is 0 Å². The highest BCUT2D eigenvalue weighted by Gasteiger charge is 2.32. The van der Waals surface area contributed by atoms with Crippen LogP contribution in [0.5, 0.6) is 5.75 Å². The van der Waals surface area contributed by atoms with Crippen molar-refractivity contribution in [2.24, 2.45) is 0 Å². The van der Waals surface area contributed by atoms with Crippen molar-refractivity contribution in [1.82, 2.24) is 10.6 Å². The van der Waals surface area contributed by atoms with Crippen molar-refractivity contribution in [3.8, 4) is 5.75 Å². The lowest BCUT2D eigenvalue weighted by Crippen LogP contribution is -2.45. The van der Waals surface area contributed by atoms with Gasteiger partial charge in [0, 0.05) is 12.1 Å². The molecule has 0 aliphatic carbocycles. The van der Waals surface area contributed by atoms with E-state index in [2.05, 4.69) is 10.6 Å². The van der Waals surface area contributed by atoms with Crippen molar-refractivity contribution in [2.45, 2.75) is 19.4 Å². The Labute approximate surface area is 158 Å². The smallest absolute Gasteiger partial charge is 0.338 e. The fraction of sp³-hybridized carbons (Fsp3) is 0.238. The van der Waals surface area contributed by atoms with E-state index >= 15 is 0 Å². The SMILES string of the molecule is COc1cccc([C@@H]2NC(=O)NC(C)=C2C(=O)OCCc2ccccc2)c1. The zero-order valence-corrected chi connectivity index (χ0v) is 15.3. The summed E-state index contributed by atoms with van der Waals surface area (Å²) in [7, 11) is 1.57. The molecule has 1 heterocycles. The Morgan fingerprint density at radius 2 is 1.89 bits per heavy atom. The van der Waals surface area contributed by atoms with Crippen molar-refractivity contribution >= 4 is 12.0 Å². The lowest BCUT2D eigenvalue weighted by Gasteiger charge is -2.28. The molecule has 0 saturated carbocycles. The van der Waals surface area contributed by atoms with Crippen LogP contribution in [-0.2, 0) is 16.0 Å². The van der Waals surface area contributed by atoms with Gasteiger partial charge in [0.15, 0.2) is 0 Å². The molecule has 0 saturated heterocycles. The van der Waals surface area contributed by atoms with Gasteiger partial charge in [-0.15, -0.1) is 0 Å². The molecule has 3 rings (SSSR count). The highest BCUT2D eigenvalue weighted by molar-refractivity contribution is 5.95. The number of carbonyl (C=O) groups excluding carboxylic acids is 2. The van der Waals surface area contributed by atoms with Gasteiger partial charge in [-0.05, 0) is 30.2 Å². The van der Waals surface area contributed by atoms with E-state index in [0.29, 0.717) is 23.4 Å². The Balaban J connectivity index is 1.77. The van der Waals surface area contributed by atoms with E-state index in [9.17, 15) is 9.59 Å². The summed E-state index contributed by atoms with van der Waals surface area (Å²) in [5.41, 5.74) is 2.71. The summed E-state index contributed by atoms with van der Waals surface area (Å²) in [6.07, 6.45) is 0.628. The van der Waals surface area contributed by atoms with E-state index in [1.54, 1.807) is 26.2 Å². The van der Waals surface area contributed by atoms with Crippen LogP contribution in [0.2, 0.25) is 0 Å². The van der Waals surface area contributed by atoms with Crippen LogP contribution in [-0.4, -0.2) is 25.7 Å². The number of methoxy groups -OCH3 is 1. The van der Waals surface area contributed by atoms with E-state index in [1.165, 1.54) is 0 Å². The summed E-state index contributed by atoms with van der Waals surface area (Å²) in [4.78, 5) is 24.7. The van der Waals surface area contributed by atoms with Gasteiger partial charge in [0.1, 0.15) is 5.75 Å². The van der Waals surface area contributed by atoms with Gasteiger partial charge in [-0.25, -0.2) is 9.59 Å². The van der Waals surface area contributed by atoms with Crippen LogP contribution < -0.4 is 15.4 Å². The summed E-state index contributed by atoms with van der Waals surface area (Å²) >= 11 is 0. The topological polar surface area (TPSA) is 76.7 Å². The van der Waals surface area contributed by atoms with Crippen LogP contribution >= 0.6 is 0 Å². The van der Waals surface area contributed by atoms with Crippen molar-refractivity contribution in [3.05, 3.63) is 77.0 Å². The molecule has 0 aromatic heterocycles. The van der Waals surface area contributed by atoms with Crippen LogP contribution in [0.15, 0.2) is 65.9 Å². The first-order chi connectivity index (χ1) is 13.1. The van der Waals surface area contributed by atoms with Crippen LogP contribution in [0.3, 0.4) is 0 Å². The van der Waals surface area contributed by atoms with Crippen LogP contribution in [0, 0.1) is 0 Å². The van der Waals surface area contributed by atoms with E-state index in [-0.39, 0.29) is 12.6 Å². The maximum absolute atomic E-state index is 12.7. The Bertz CT molecular complexity index is 861. The molecule has 1 aliphatic rings. The second kappa shape index (κ2) is 8.40. The molecule has 2 aromatic rings. The number of esters is 1. The standard InChI is InChI=1S/C21H22N2O4/c1-14-18(20(24)27-12-11-15-7-4-3-5-8-15)19(23-21(25)22-14)16-9-6-10-17(13-16)26-2/h3-10,13,19H,11-12H2,1-2H3,(H2,22,23,25)/t19-/m0/s1. The predicted molar refractivity (Wildman–Crippen MR) is 101 cm³/mol. The summed E-state index contributed by atoms with van der Waals surface area (Å²) in [5.74, 6) is 0.193. The molecule has 6 nitrogen and oxygen atoms in total. The zero-order valence-electron chi connectivity index (χ0n) is 15.3. The van der Waals surface area contributed by atoms with Gasteiger partial charge in [0.25, 0.3) is 0 Å². The van der Waals surface area contributed by atoms with E-state index in [1.807, 2.05) is 42.5 Å². The maximum Gasteiger partial charge on any atom is 0.338 e. The van der Waals surface area contributed by atoms with E-state index in [4.69, 9.17) is 9.47 Å². The Morgan fingerprint density at radius 3 is 2.63 bits per heavy atom. The minimum atomic E-state index is -0.599. The molecular formula is C21H22N2O4. The first-order valence-electron chi connectivity index (χ1n) is 8.72. The minimum absolute atomic E-state index is 0.262. The fourth-order valence-electron chi connectivity index (χ4n) is 3.02. The summed E-state index contributed by atoms with van der Waals surface area (Å²) in [6, 6.07) is 16.1. The molecule has 2 N–H and O–H groups in total. The highest BCUT2D eigenvalue weighted by Crippen LogP contribution is 2.29. The third-order valence-electron chi connectivity index (χ3n) is 4.38. The number of hydrogen-bond donors (Lipinski definition) is 2. The molecule has 0 unspecified atom stereocenters. The van der Waals surface area contributed by atoms with Gasteiger partial charge in [-0.3, -0.25) is 0 Å². The summed E-state index contributed by atoms with van der Waals surface area (Å²) < 4.78 is 10.7. The number of rotatable bonds is 6. The minimum Gasteiger partial charge on any atom is -0.497 e. The van der Waals surface area contributed by atoms with Crippen molar-refractivity contribution < 1.29 is 19.1 Å². The first-order valence-corrected chi connectivity index (χ1v) is 8.72. The second-order valence-corrected chi connectivity index (χ2v) is 6.22. The zero-order chi connectivity index (χ0) is 19.2. The quantitative estimate of drug-likeness (QED) is 0.770. The van der Waals surface area contributed by atoms with Crippen LogP contribution in [0.25, 0.3) is 0 Å². The number of carbonyl (C=O) groups is 2. The number of nitrogens with one attached hydrogen (secondary N) is 2. The molecule has 0 radical (unpaired) electrons. The molecule has 1 aliphatic heterocycles. The van der Waals surface area contributed by atoms with Gasteiger partial charge in [-0.1, -0.05) is 42.5 Å². The highest BCUT2D eigenvalue weighted by atomic mass is 16.5. The Morgan fingerprint density at radius 1 is 1.11 bits per heavy atom.